The number of carbonyl (C=O) groups is 2. The Labute approximate surface area is 328 Å². The molecule has 0 spiro atoms. The molecule has 2 N–H and O–H groups in total. The topological polar surface area (TPSA) is 116 Å². The average molecular weight is 778 g/mol. The lowest BCUT2D eigenvalue weighted by Crippen LogP contribution is -2.65. The molecule has 2 amide bonds. The van der Waals surface area contributed by atoms with Crippen molar-refractivity contribution in [2.75, 3.05) is 18.4 Å². The summed E-state index contributed by atoms with van der Waals surface area (Å²) >= 11 is 0. The number of halogens is 1. The van der Waals surface area contributed by atoms with Crippen molar-refractivity contribution in [3.8, 4) is 0 Å². The lowest BCUT2D eigenvalue weighted by molar-refractivity contribution is -0.129. The zero-order valence-corrected chi connectivity index (χ0v) is 32.6. The Morgan fingerprint density at radius 1 is 0.804 bits per heavy atom. The maximum absolute atomic E-state index is 16.0. The van der Waals surface area contributed by atoms with E-state index in [0.717, 1.165) is 16.7 Å². The van der Waals surface area contributed by atoms with Crippen molar-refractivity contribution in [1.29, 1.82) is 0 Å². The van der Waals surface area contributed by atoms with Gasteiger partial charge < -0.3 is 20.1 Å². The van der Waals surface area contributed by atoms with Gasteiger partial charge in [-0.25, -0.2) is 17.6 Å². The van der Waals surface area contributed by atoms with Gasteiger partial charge in [0.15, 0.2) is 0 Å². The Bertz CT molecular complexity index is 2150. The summed E-state index contributed by atoms with van der Waals surface area (Å²) in [7, 11) is -4.07. The van der Waals surface area contributed by atoms with Crippen LogP contribution < -0.4 is 5.32 Å². The number of benzene rings is 5. The summed E-state index contributed by atoms with van der Waals surface area (Å²) in [5.41, 5.74) is 2.31. The SMILES string of the molecule is CC(C)(C)C1[C@H](CCc2c(F)cccc2NC(=O)C(OCc2ccccc2)C(c2ccccc2)c2ccccc2)N(S(=O)(=O)c2ccccc2)CCN1C(=O)O. The van der Waals surface area contributed by atoms with E-state index in [2.05, 4.69) is 5.32 Å². The zero-order valence-electron chi connectivity index (χ0n) is 31.8. The van der Waals surface area contributed by atoms with Crippen LogP contribution in [0.1, 0.15) is 55.4 Å². The van der Waals surface area contributed by atoms with Gasteiger partial charge in [0, 0.05) is 36.3 Å². The van der Waals surface area contributed by atoms with Crippen LogP contribution in [0.4, 0.5) is 14.9 Å². The van der Waals surface area contributed by atoms with Crippen molar-refractivity contribution in [1.82, 2.24) is 9.21 Å². The first kappa shape index (κ1) is 40.3. The molecular formula is C45H48FN3O6S. The average Bonchev–Trinajstić information content (AvgIpc) is 3.19. The number of nitrogens with zero attached hydrogens (tertiary/aromatic N) is 2. The second-order valence-electron chi connectivity index (χ2n) is 15.1. The van der Waals surface area contributed by atoms with Crippen LogP contribution >= 0.6 is 0 Å². The summed E-state index contributed by atoms with van der Waals surface area (Å²) in [4.78, 5) is 28.6. The van der Waals surface area contributed by atoms with Crippen LogP contribution in [0.2, 0.25) is 0 Å². The van der Waals surface area contributed by atoms with E-state index in [4.69, 9.17) is 4.74 Å². The van der Waals surface area contributed by atoms with Gasteiger partial charge >= 0.3 is 6.09 Å². The molecule has 5 aromatic rings. The number of nitrogens with one attached hydrogen (secondary N) is 1. The summed E-state index contributed by atoms with van der Waals surface area (Å²) in [6, 6.07) is 39.6. The number of hydrogen-bond acceptors (Lipinski definition) is 5. The fraction of sp³-hybridized carbons (Fsp3) is 0.289. The van der Waals surface area contributed by atoms with E-state index < -0.39 is 57.4 Å². The second kappa shape index (κ2) is 17.6. The minimum absolute atomic E-state index is 0.00411. The van der Waals surface area contributed by atoms with E-state index in [0.29, 0.717) is 0 Å². The molecule has 292 valence electrons. The molecule has 0 saturated carbocycles. The predicted molar refractivity (Wildman–Crippen MR) is 215 cm³/mol. The van der Waals surface area contributed by atoms with Crippen LogP contribution in [-0.2, 0) is 32.6 Å². The van der Waals surface area contributed by atoms with Gasteiger partial charge in [-0.15, -0.1) is 0 Å². The molecule has 2 unspecified atom stereocenters. The lowest BCUT2D eigenvalue weighted by Gasteiger charge is -2.51. The molecule has 0 radical (unpaired) electrons. The molecule has 1 aliphatic heterocycles. The van der Waals surface area contributed by atoms with Crippen molar-refractivity contribution < 1.29 is 32.2 Å². The summed E-state index contributed by atoms with van der Waals surface area (Å²) in [6.45, 7) is 5.68. The monoisotopic (exact) mass is 777 g/mol. The molecule has 0 aromatic heterocycles. The Balaban J connectivity index is 1.35. The zero-order chi connectivity index (χ0) is 39.9. The van der Waals surface area contributed by atoms with Gasteiger partial charge in [0.1, 0.15) is 11.9 Å². The first-order valence-electron chi connectivity index (χ1n) is 18.8. The third-order valence-electron chi connectivity index (χ3n) is 10.3. The van der Waals surface area contributed by atoms with Gasteiger partial charge in [0.2, 0.25) is 10.0 Å². The van der Waals surface area contributed by atoms with E-state index in [9.17, 15) is 23.1 Å². The molecule has 1 fully saturated rings. The summed E-state index contributed by atoms with van der Waals surface area (Å²) in [6.07, 6.45) is -2.12. The second-order valence-corrected chi connectivity index (χ2v) is 17.0. The van der Waals surface area contributed by atoms with Crippen molar-refractivity contribution in [2.24, 2.45) is 5.41 Å². The number of ether oxygens (including phenoxy) is 1. The molecular weight excluding hydrogens is 730 g/mol. The van der Waals surface area contributed by atoms with Crippen molar-refractivity contribution in [2.45, 2.75) is 69.2 Å². The Morgan fingerprint density at radius 2 is 1.36 bits per heavy atom. The molecule has 1 heterocycles. The highest BCUT2D eigenvalue weighted by atomic mass is 32.2. The van der Waals surface area contributed by atoms with Crippen LogP contribution in [0.25, 0.3) is 0 Å². The Kier molecular flexibility index (Phi) is 12.7. The smallest absolute Gasteiger partial charge is 0.407 e. The van der Waals surface area contributed by atoms with Crippen molar-refractivity contribution >= 4 is 27.7 Å². The van der Waals surface area contributed by atoms with E-state index in [1.165, 1.54) is 33.5 Å². The molecule has 56 heavy (non-hydrogen) atoms. The maximum Gasteiger partial charge on any atom is 0.407 e. The number of amides is 2. The number of hydrogen-bond donors (Lipinski definition) is 2. The standard InChI is InChI=1S/C45H48FN3O6S/c1-45(2,3)42-39(49(30-29-48(42)44(51)52)56(53,54)35-23-14-7-15-24-35)28-27-36-37(46)25-16-26-38(36)47-43(50)41(55-31-32-17-8-4-9-18-32)40(33-19-10-5-11-20-33)34-21-12-6-13-22-34/h4-26,39-42H,27-31H2,1-3H3,(H,47,50)(H,51,52)/t39-,41?,42?/m0/s1. The minimum Gasteiger partial charge on any atom is -0.465 e. The Morgan fingerprint density at radius 3 is 1.91 bits per heavy atom. The predicted octanol–water partition coefficient (Wildman–Crippen LogP) is 8.58. The van der Waals surface area contributed by atoms with Gasteiger partial charge in [0.05, 0.1) is 17.5 Å². The Hall–Kier alpha value is -5.36. The van der Waals surface area contributed by atoms with Gasteiger partial charge in [-0.1, -0.05) is 136 Å². The number of piperazine rings is 1. The number of carbonyl (C=O) groups excluding carboxylic acids is 1. The van der Waals surface area contributed by atoms with Crippen LogP contribution in [0.5, 0.6) is 0 Å². The van der Waals surface area contributed by atoms with Crippen LogP contribution in [0.3, 0.4) is 0 Å². The molecule has 5 aromatic carbocycles. The first-order valence-corrected chi connectivity index (χ1v) is 20.2. The fourth-order valence-corrected chi connectivity index (χ4v) is 9.51. The molecule has 6 rings (SSSR count). The van der Waals surface area contributed by atoms with Gasteiger partial charge in [-0.2, -0.15) is 4.31 Å². The highest BCUT2D eigenvalue weighted by molar-refractivity contribution is 7.89. The van der Waals surface area contributed by atoms with E-state index >= 15 is 4.39 Å². The van der Waals surface area contributed by atoms with E-state index in [-0.39, 0.29) is 48.7 Å². The van der Waals surface area contributed by atoms with Gasteiger partial charge in [-0.3, -0.25) is 4.79 Å². The maximum atomic E-state index is 16.0. The number of anilines is 1. The summed E-state index contributed by atoms with van der Waals surface area (Å²) < 4.78 is 52.3. The fourth-order valence-electron chi connectivity index (χ4n) is 7.84. The van der Waals surface area contributed by atoms with Crippen LogP contribution in [0.15, 0.2) is 144 Å². The lowest BCUT2D eigenvalue weighted by atomic mass is 9.78. The molecule has 3 atom stereocenters. The van der Waals surface area contributed by atoms with Crippen molar-refractivity contribution in [3.05, 3.63) is 168 Å². The van der Waals surface area contributed by atoms with E-state index in [1.54, 1.807) is 24.3 Å². The highest BCUT2D eigenvalue weighted by Crippen LogP contribution is 2.38. The minimum atomic E-state index is -4.07. The third-order valence-corrected chi connectivity index (χ3v) is 12.3. The normalized spacial score (nSPS) is 17.1. The first-order chi connectivity index (χ1) is 26.9. The van der Waals surface area contributed by atoms with Crippen molar-refractivity contribution in [3.63, 3.8) is 0 Å². The quantitative estimate of drug-likeness (QED) is 0.124. The van der Waals surface area contributed by atoms with Gasteiger partial charge in [0.25, 0.3) is 5.91 Å². The third kappa shape index (κ3) is 9.18. The molecule has 1 saturated heterocycles. The highest BCUT2D eigenvalue weighted by Gasteiger charge is 2.48. The molecule has 1 aliphatic rings. The number of rotatable bonds is 13. The van der Waals surface area contributed by atoms with Gasteiger partial charge in [-0.05, 0) is 59.2 Å². The summed E-state index contributed by atoms with van der Waals surface area (Å²) in [5, 5.41) is 13.3. The summed E-state index contributed by atoms with van der Waals surface area (Å²) in [5.74, 6) is -1.59. The molecule has 9 nitrogen and oxygen atoms in total. The molecule has 0 bridgehead atoms. The molecule has 0 aliphatic carbocycles. The number of carboxylic acid groups (broad SMARTS) is 1. The number of sulfonamides is 1. The van der Waals surface area contributed by atoms with Crippen LogP contribution in [0, 0.1) is 11.2 Å². The molecule has 11 heteroatoms. The van der Waals surface area contributed by atoms with Crippen LogP contribution in [-0.4, -0.2) is 66.0 Å². The van der Waals surface area contributed by atoms with E-state index in [1.807, 2.05) is 112 Å². The largest absolute Gasteiger partial charge is 0.465 e.